The van der Waals surface area contributed by atoms with Crippen LogP contribution in [0.4, 0.5) is 0 Å². The van der Waals surface area contributed by atoms with Gasteiger partial charge in [-0.1, -0.05) is 41.5 Å². The molecule has 0 aliphatic rings. The molecule has 0 fully saturated rings. The van der Waals surface area contributed by atoms with Crippen LogP contribution in [0.15, 0.2) is 17.9 Å². The van der Waals surface area contributed by atoms with Gasteiger partial charge >= 0.3 is 7.82 Å². The second-order valence-electron chi connectivity index (χ2n) is 5.70. The van der Waals surface area contributed by atoms with E-state index in [1.54, 1.807) is 0 Å². The first-order valence-electron chi connectivity index (χ1n) is 4.94. The lowest BCUT2D eigenvalue weighted by atomic mass is 9.94. The van der Waals surface area contributed by atoms with E-state index in [-0.39, 0.29) is 10.8 Å². The first kappa shape index (κ1) is 18.0. The van der Waals surface area contributed by atoms with Crippen molar-refractivity contribution < 1.29 is 19.2 Å². The Labute approximate surface area is 97.9 Å². The van der Waals surface area contributed by atoms with Crippen LogP contribution >= 0.6 is 7.82 Å². The molecule has 4 nitrogen and oxygen atoms in total. The number of allylic oxidation sites excluding steroid dienone is 1. The van der Waals surface area contributed by atoms with Gasteiger partial charge in [-0.2, -0.15) is 0 Å². The van der Waals surface area contributed by atoms with Crippen molar-refractivity contribution in [1.82, 2.24) is 0 Å². The molecule has 0 saturated heterocycles. The molecule has 0 saturated carbocycles. The predicted molar refractivity (Wildman–Crippen MR) is 65.8 cm³/mol. The third kappa shape index (κ3) is 37.3. The summed E-state index contributed by atoms with van der Waals surface area (Å²) in [5, 5.41) is 0. The minimum atomic E-state index is -4.64. The van der Waals surface area contributed by atoms with Gasteiger partial charge in [-0.3, -0.25) is 0 Å². The SMILES string of the molecule is CC(C)(C)C=C=CC(C)(C)C.O=P(O)(O)O. The van der Waals surface area contributed by atoms with Crippen molar-refractivity contribution in [3.8, 4) is 0 Å². The molecule has 0 atom stereocenters. The minimum Gasteiger partial charge on any atom is -0.303 e. The van der Waals surface area contributed by atoms with Crippen LogP contribution in [-0.2, 0) is 4.57 Å². The highest BCUT2D eigenvalue weighted by Crippen LogP contribution is 2.25. The molecule has 0 bridgehead atoms. The maximum absolute atomic E-state index is 8.88. The summed E-state index contributed by atoms with van der Waals surface area (Å²) in [6, 6.07) is 0. The van der Waals surface area contributed by atoms with Crippen molar-refractivity contribution in [2.24, 2.45) is 10.8 Å². The van der Waals surface area contributed by atoms with Crippen LogP contribution in [0.1, 0.15) is 41.5 Å². The summed E-state index contributed by atoms with van der Waals surface area (Å²) in [6.07, 6.45) is 4.22. The number of phosphoric acid groups is 1. The van der Waals surface area contributed by atoms with Gasteiger partial charge < -0.3 is 14.7 Å². The molecule has 5 heteroatoms. The van der Waals surface area contributed by atoms with Crippen LogP contribution < -0.4 is 0 Å². The molecule has 0 heterocycles. The van der Waals surface area contributed by atoms with Gasteiger partial charge in [0, 0.05) is 0 Å². The summed E-state index contributed by atoms with van der Waals surface area (Å²) < 4.78 is 8.88. The fraction of sp³-hybridized carbons (Fsp3) is 0.727. The van der Waals surface area contributed by atoms with E-state index in [1.165, 1.54) is 0 Å². The van der Waals surface area contributed by atoms with E-state index in [1.807, 2.05) is 0 Å². The Morgan fingerprint density at radius 2 is 1.06 bits per heavy atom. The maximum atomic E-state index is 8.88. The van der Waals surface area contributed by atoms with Gasteiger partial charge in [0.25, 0.3) is 0 Å². The monoisotopic (exact) mass is 250 g/mol. The Bertz CT molecular complexity index is 269. The smallest absolute Gasteiger partial charge is 0.303 e. The average Bonchev–Trinajstić information content (AvgIpc) is 1.74. The number of hydrogen-bond donors (Lipinski definition) is 3. The molecule has 0 aromatic heterocycles. The second-order valence-corrected chi connectivity index (χ2v) is 6.73. The van der Waals surface area contributed by atoms with Gasteiger partial charge in [0.2, 0.25) is 0 Å². The van der Waals surface area contributed by atoms with Gasteiger partial charge in [-0.15, -0.1) is 5.73 Å². The summed E-state index contributed by atoms with van der Waals surface area (Å²) in [4.78, 5) is 21.6. The lowest BCUT2D eigenvalue weighted by molar-refractivity contribution is 0.275. The van der Waals surface area contributed by atoms with Gasteiger partial charge in [0.05, 0.1) is 0 Å². The molecule has 0 rings (SSSR count). The molecule has 0 aliphatic carbocycles. The summed E-state index contributed by atoms with van der Waals surface area (Å²) >= 11 is 0. The van der Waals surface area contributed by atoms with E-state index in [9.17, 15) is 0 Å². The van der Waals surface area contributed by atoms with E-state index in [0.717, 1.165) is 0 Å². The highest BCUT2D eigenvalue weighted by atomic mass is 31.2. The molecule has 0 aromatic rings. The van der Waals surface area contributed by atoms with Gasteiger partial charge in [0.1, 0.15) is 0 Å². The number of rotatable bonds is 0. The van der Waals surface area contributed by atoms with Crippen molar-refractivity contribution in [3.63, 3.8) is 0 Å². The largest absolute Gasteiger partial charge is 0.466 e. The van der Waals surface area contributed by atoms with E-state index >= 15 is 0 Å². The minimum absolute atomic E-state index is 0.252. The van der Waals surface area contributed by atoms with Crippen molar-refractivity contribution in [1.29, 1.82) is 0 Å². The lowest BCUT2D eigenvalue weighted by Gasteiger charge is -2.11. The Hall–Kier alpha value is -0.370. The van der Waals surface area contributed by atoms with Crippen molar-refractivity contribution in [2.45, 2.75) is 41.5 Å². The second kappa shape index (κ2) is 6.39. The fourth-order valence-corrected chi connectivity index (χ4v) is 0.542. The Balaban J connectivity index is 0. The quantitative estimate of drug-likeness (QED) is 0.456. The van der Waals surface area contributed by atoms with E-state index < -0.39 is 7.82 Å². The highest BCUT2D eigenvalue weighted by Gasteiger charge is 2.05. The topological polar surface area (TPSA) is 77.8 Å². The summed E-state index contributed by atoms with van der Waals surface area (Å²) in [6.45, 7) is 13.1. The van der Waals surface area contributed by atoms with Gasteiger partial charge in [-0.25, -0.2) is 4.57 Å². The van der Waals surface area contributed by atoms with Crippen molar-refractivity contribution in [2.75, 3.05) is 0 Å². The first-order valence-corrected chi connectivity index (χ1v) is 6.50. The Morgan fingerprint density at radius 3 is 1.19 bits per heavy atom. The van der Waals surface area contributed by atoms with Crippen LogP contribution in [0.5, 0.6) is 0 Å². The van der Waals surface area contributed by atoms with Crippen LogP contribution in [0.25, 0.3) is 0 Å². The van der Waals surface area contributed by atoms with Crippen molar-refractivity contribution in [3.05, 3.63) is 17.9 Å². The molecule has 0 unspecified atom stereocenters. The zero-order valence-electron chi connectivity index (χ0n) is 10.9. The van der Waals surface area contributed by atoms with E-state index in [4.69, 9.17) is 19.2 Å². The molecule has 0 spiro atoms. The summed E-state index contributed by atoms with van der Waals surface area (Å²) in [5.74, 6) is 0. The van der Waals surface area contributed by atoms with Crippen LogP contribution in [-0.4, -0.2) is 14.7 Å². The lowest BCUT2D eigenvalue weighted by Crippen LogP contribution is -1.99. The molecule has 0 aromatic carbocycles. The first-order chi connectivity index (χ1) is 6.71. The molecular formula is C11H23O4P. The van der Waals surface area contributed by atoms with Gasteiger partial charge in [-0.05, 0) is 23.0 Å². The fourth-order valence-electron chi connectivity index (χ4n) is 0.542. The van der Waals surface area contributed by atoms with Gasteiger partial charge in [0.15, 0.2) is 0 Å². The highest BCUT2D eigenvalue weighted by molar-refractivity contribution is 7.45. The zero-order valence-corrected chi connectivity index (χ0v) is 11.7. The van der Waals surface area contributed by atoms with Crippen LogP contribution in [0.3, 0.4) is 0 Å². The van der Waals surface area contributed by atoms with E-state index in [0.29, 0.717) is 0 Å². The molecule has 16 heavy (non-hydrogen) atoms. The molecule has 0 radical (unpaired) electrons. The van der Waals surface area contributed by atoms with Crippen LogP contribution in [0, 0.1) is 10.8 Å². The molecular weight excluding hydrogens is 227 g/mol. The summed E-state index contributed by atoms with van der Waals surface area (Å²) in [5.41, 5.74) is 3.72. The summed E-state index contributed by atoms with van der Waals surface area (Å²) in [7, 11) is -4.64. The molecule has 96 valence electrons. The Kier molecular flexibility index (Phi) is 7.19. The Morgan fingerprint density at radius 1 is 0.875 bits per heavy atom. The zero-order chi connectivity index (χ0) is 13.6. The predicted octanol–water partition coefficient (Wildman–Crippen LogP) is 2.86. The third-order valence-electron chi connectivity index (χ3n) is 1.03. The molecule has 0 amide bonds. The normalized spacial score (nSPS) is 12.1. The molecule has 3 N–H and O–H groups in total. The van der Waals surface area contributed by atoms with Crippen LogP contribution in [0.2, 0.25) is 0 Å². The van der Waals surface area contributed by atoms with E-state index in [2.05, 4.69) is 59.4 Å². The average molecular weight is 250 g/mol. The maximum Gasteiger partial charge on any atom is 0.466 e. The third-order valence-corrected chi connectivity index (χ3v) is 1.03. The molecule has 0 aliphatic heterocycles. The standard InChI is InChI=1S/C11H20.H3O4P/c1-10(2,3)8-7-9-11(4,5)6;1-5(2,3)4/h8-9H,1-6H3;(H3,1,2,3,4). The number of hydrogen-bond acceptors (Lipinski definition) is 1. The van der Waals surface area contributed by atoms with Crippen molar-refractivity contribution >= 4 is 7.82 Å².